The first-order valence-corrected chi connectivity index (χ1v) is 10.0. The zero-order valence-corrected chi connectivity index (χ0v) is 17.6. The van der Waals surface area contributed by atoms with Gasteiger partial charge in [-0.3, -0.25) is 14.5 Å². The van der Waals surface area contributed by atoms with Crippen LogP contribution >= 0.6 is 0 Å². The Bertz CT molecular complexity index is 1060. The van der Waals surface area contributed by atoms with E-state index in [2.05, 4.69) is 16.8 Å². The number of carbonyl (C=O) groups is 3. The lowest BCUT2D eigenvalue weighted by Gasteiger charge is -2.22. The van der Waals surface area contributed by atoms with E-state index in [1.165, 1.54) is 0 Å². The molecule has 1 saturated heterocycles. The first-order valence-electron chi connectivity index (χ1n) is 10.0. The van der Waals surface area contributed by atoms with Crippen LogP contribution in [-0.2, 0) is 16.9 Å². The Kier molecular flexibility index (Phi) is 4.80. The molecule has 4 rings (SSSR count). The number of hydrogen-bond donors (Lipinski definition) is 1. The van der Waals surface area contributed by atoms with Gasteiger partial charge in [0.2, 0.25) is 6.79 Å². The molecule has 2 aromatic rings. The first-order chi connectivity index (χ1) is 14.3. The second-order valence-corrected chi connectivity index (χ2v) is 7.87. The Labute approximate surface area is 174 Å². The Morgan fingerprint density at radius 2 is 1.90 bits per heavy atom. The number of carbonyl (C=O) groups excluding carboxylic acids is 3. The Morgan fingerprint density at radius 3 is 2.63 bits per heavy atom. The Balaban J connectivity index is 1.58. The van der Waals surface area contributed by atoms with E-state index in [1.807, 2.05) is 19.9 Å². The molecule has 1 fully saturated rings. The molecule has 1 aromatic carbocycles. The quantitative estimate of drug-likeness (QED) is 0.583. The van der Waals surface area contributed by atoms with Gasteiger partial charge >= 0.3 is 6.03 Å². The molecule has 30 heavy (non-hydrogen) atoms. The molecule has 0 saturated carbocycles. The van der Waals surface area contributed by atoms with Gasteiger partial charge < -0.3 is 19.4 Å². The van der Waals surface area contributed by atoms with E-state index < -0.39 is 17.5 Å². The van der Waals surface area contributed by atoms with Crippen LogP contribution in [0.4, 0.5) is 4.79 Å². The van der Waals surface area contributed by atoms with Gasteiger partial charge in [-0.15, -0.1) is 0 Å². The number of benzene rings is 1. The molecule has 1 N–H and O–H groups in total. The lowest BCUT2D eigenvalue weighted by Crippen LogP contribution is -2.41. The van der Waals surface area contributed by atoms with E-state index >= 15 is 0 Å². The highest BCUT2D eigenvalue weighted by Crippen LogP contribution is 2.37. The van der Waals surface area contributed by atoms with Crippen LogP contribution in [0.1, 0.15) is 47.6 Å². The molecule has 0 aliphatic carbocycles. The summed E-state index contributed by atoms with van der Waals surface area (Å²) in [6.45, 7) is 8.17. The zero-order valence-electron chi connectivity index (χ0n) is 17.6. The van der Waals surface area contributed by atoms with Crippen molar-refractivity contribution in [2.45, 2.75) is 46.2 Å². The average Bonchev–Trinajstić information content (AvgIpc) is 3.35. The lowest BCUT2D eigenvalue weighted by atomic mass is 9.91. The lowest BCUT2D eigenvalue weighted by molar-refractivity contribution is -0.130. The number of hydrogen-bond acceptors (Lipinski definition) is 5. The number of urea groups is 1. The molecule has 0 bridgehead atoms. The van der Waals surface area contributed by atoms with Crippen molar-refractivity contribution in [3.05, 3.63) is 46.8 Å². The highest BCUT2D eigenvalue weighted by molar-refractivity contribution is 6.11. The fraction of sp³-hybridized carbons (Fsp3) is 0.409. The van der Waals surface area contributed by atoms with E-state index in [1.54, 1.807) is 25.1 Å². The van der Waals surface area contributed by atoms with Gasteiger partial charge in [0.1, 0.15) is 5.54 Å². The van der Waals surface area contributed by atoms with Crippen LogP contribution in [0.15, 0.2) is 24.3 Å². The van der Waals surface area contributed by atoms with Gasteiger partial charge in [0, 0.05) is 23.5 Å². The number of aryl methyl sites for hydroxylation is 1. The van der Waals surface area contributed by atoms with Gasteiger partial charge in [-0.2, -0.15) is 0 Å². The van der Waals surface area contributed by atoms with Crippen molar-refractivity contribution in [3.63, 3.8) is 0 Å². The third-order valence-electron chi connectivity index (χ3n) is 5.85. The minimum atomic E-state index is -1.28. The number of fused-ring (bicyclic) bond motifs is 1. The van der Waals surface area contributed by atoms with Crippen LogP contribution < -0.4 is 14.8 Å². The number of imide groups is 1. The maximum Gasteiger partial charge on any atom is 0.325 e. The second kappa shape index (κ2) is 7.19. The van der Waals surface area contributed by atoms with Crippen molar-refractivity contribution in [2.24, 2.45) is 0 Å². The SMILES string of the molecule is CCCn1c(C)cc(C(=O)CN2C(=O)NC(C)(c3ccc4c(c3)OCO4)C2=O)c1C. The molecule has 8 nitrogen and oxygen atoms in total. The molecule has 3 amide bonds. The molecule has 8 heteroatoms. The molecule has 0 radical (unpaired) electrons. The predicted octanol–water partition coefficient (Wildman–Crippen LogP) is 2.89. The van der Waals surface area contributed by atoms with Gasteiger partial charge in [0.05, 0.1) is 6.54 Å². The zero-order chi connectivity index (χ0) is 21.6. The highest BCUT2D eigenvalue weighted by atomic mass is 16.7. The average molecular weight is 411 g/mol. The molecular formula is C22H25N3O5. The summed E-state index contributed by atoms with van der Waals surface area (Å²) in [6.07, 6.45) is 0.949. The van der Waals surface area contributed by atoms with Gasteiger partial charge in [0.15, 0.2) is 17.3 Å². The van der Waals surface area contributed by atoms with Crippen molar-refractivity contribution in [2.75, 3.05) is 13.3 Å². The summed E-state index contributed by atoms with van der Waals surface area (Å²) in [5, 5.41) is 2.73. The maximum absolute atomic E-state index is 13.2. The summed E-state index contributed by atoms with van der Waals surface area (Å²) in [5.74, 6) is 0.383. The predicted molar refractivity (Wildman–Crippen MR) is 109 cm³/mol. The van der Waals surface area contributed by atoms with E-state index in [-0.39, 0.29) is 19.1 Å². The van der Waals surface area contributed by atoms with Crippen LogP contribution in [0.2, 0.25) is 0 Å². The highest BCUT2D eigenvalue weighted by Gasteiger charge is 2.50. The summed E-state index contributed by atoms with van der Waals surface area (Å²) in [6, 6.07) is 6.34. The van der Waals surface area contributed by atoms with E-state index in [0.717, 1.165) is 29.3 Å². The Hall–Kier alpha value is -3.29. The molecule has 0 spiro atoms. The van der Waals surface area contributed by atoms with Gasteiger partial charge in [0.25, 0.3) is 5.91 Å². The van der Waals surface area contributed by atoms with Crippen LogP contribution in [0.3, 0.4) is 0 Å². The van der Waals surface area contributed by atoms with E-state index in [0.29, 0.717) is 22.6 Å². The van der Waals surface area contributed by atoms with Gasteiger partial charge in [-0.1, -0.05) is 13.0 Å². The largest absolute Gasteiger partial charge is 0.454 e. The van der Waals surface area contributed by atoms with Crippen molar-refractivity contribution < 1.29 is 23.9 Å². The van der Waals surface area contributed by atoms with E-state index in [9.17, 15) is 14.4 Å². The van der Waals surface area contributed by atoms with Crippen LogP contribution in [0.25, 0.3) is 0 Å². The number of nitrogens with one attached hydrogen (secondary N) is 1. The third kappa shape index (κ3) is 3.03. The molecular weight excluding hydrogens is 386 g/mol. The molecule has 1 aromatic heterocycles. The van der Waals surface area contributed by atoms with Crippen molar-refractivity contribution in [3.8, 4) is 11.5 Å². The second-order valence-electron chi connectivity index (χ2n) is 7.87. The number of ether oxygens (including phenoxy) is 2. The summed E-state index contributed by atoms with van der Waals surface area (Å²) < 4.78 is 12.8. The molecule has 1 atom stereocenters. The Morgan fingerprint density at radius 1 is 1.17 bits per heavy atom. The summed E-state index contributed by atoms with van der Waals surface area (Å²) >= 11 is 0. The normalized spacial score (nSPS) is 20.1. The van der Waals surface area contributed by atoms with Crippen molar-refractivity contribution in [1.82, 2.24) is 14.8 Å². The summed E-state index contributed by atoms with van der Waals surface area (Å²) in [7, 11) is 0. The van der Waals surface area contributed by atoms with Crippen LogP contribution in [-0.4, -0.2) is 40.5 Å². The molecule has 158 valence electrons. The van der Waals surface area contributed by atoms with Gasteiger partial charge in [-0.25, -0.2) is 4.79 Å². The standard InChI is InChI=1S/C22H25N3O5/c1-5-8-24-13(2)9-16(14(24)3)17(26)11-25-20(27)22(4,23-21(25)28)15-6-7-18-19(10-15)30-12-29-18/h6-7,9-10H,5,8,11-12H2,1-4H3,(H,23,28). The molecule has 1 unspecified atom stereocenters. The van der Waals surface area contributed by atoms with Crippen molar-refractivity contribution >= 4 is 17.7 Å². The third-order valence-corrected chi connectivity index (χ3v) is 5.85. The van der Waals surface area contributed by atoms with Crippen molar-refractivity contribution in [1.29, 1.82) is 0 Å². The summed E-state index contributed by atoms with van der Waals surface area (Å²) in [4.78, 5) is 39.7. The number of rotatable bonds is 6. The minimum Gasteiger partial charge on any atom is -0.454 e. The molecule has 2 aliphatic rings. The van der Waals surface area contributed by atoms with E-state index in [4.69, 9.17) is 9.47 Å². The van der Waals surface area contributed by atoms with Crippen LogP contribution in [0, 0.1) is 13.8 Å². The number of Topliss-reactive ketones (excluding diaryl/α,β-unsaturated/α-hetero) is 1. The smallest absolute Gasteiger partial charge is 0.325 e. The number of ketones is 1. The molecule has 3 heterocycles. The first kappa shape index (κ1) is 20.0. The van der Waals surface area contributed by atoms with Gasteiger partial charge in [-0.05, 0) is 51.0 Å². The minimum absolute atomic E-state index is 0.118. The fourth-order valence-electron chi connectivity index (χ4n) is 4.12. The fourth-order valence-corrected chi connectivity index (χ4v) is 4.12. The topological polar surface area (TPSA) is 89.9 Å². The molecule has 2 aliphatic heterocycles. The monoisotopic (exact) mass is 411 g/mol. The summed E-state index contributed by atoms with van der Waals surface area (Å²) in [5.41, 5.74) is 1.67. The number of amides is 3. The number of nitrogens with zero attached hydrogens (tertiary/aromatic N) is 2. The number of aromatic nitrogens is 1. The maximum atomic E-state index is 13.2. The van der Waals surface area contributed by atoms with Crippen LogP contribution in [0.5, 0.6) is 11.5 Å².